The first kappa shape index (κ1) is 15.7. The SMILES string of the molecule is CO[C@@H](CNS(=O)(=O)c1cnn(C)c1)c1ccccc1C. The Bertz CT molecular complexity index is 710. The number of hydrogen-bond acceptors (Lipinski definition) is 4. The van der Waals surface area contributed by atoms with Crippen molar-refractivity contribution in [2.45, 2.75) is 17.9 Å². The molecule has 0 spiro atoms. The highest BCUT2D eigenvalue weighted by atomic mass is 32.2. The van der Waals surface area contributed by atoms with E-state index in [-0.39, 0.29) is 17.5 Å². The topological polar surface area (TPSA) is 73.2 Å². The zero-order valence-corrected chi connectivity index (χ0v) is 13.1. The summed E-state index contributed by atoms with van der Waals surface area (Å²) < 4.78 is 33.7. The van der Waals surface area contributed by atoms with Crippen molar-refractivity contribution in [2.75, 3.05) is 13.7 Å². The molecule has 114 valence electrons. The van der Waals surface area contributed by atoms with E-state index in [0.717, 1.165) is 11.1 Å². The fraction of sp³-hybridized carbons (Fsp3) is 0.357. The number of nitrogens with one attached hydrogen (secondary N) is 1. The van der Waals surface area contributed by atoms with Crippen LogP contribution in [0.4, 0.5) is 0 Å². The molecule has 1 aromatic heterocycles. The van der Waals surface area contributed by atoms with Gasteiger partial charge in [-0.15, -0.1) is 0 Å². The van der Waals surface area contributed by atoms with Crippen LogP contribution in [0.25, 0.3) is 0 Å². The van der Waals surface area contributed by atoms with Crippen LogP contribution in [-0.4, -0.2) is 31.9 Å². The highest BCUT2D eigenvalue weighted by Gasteiger charge is 2.20. The standard InChI is InChI=1S/C14H19N3O3S/c1-11-6-4-5-7-13(11)14(20-3)9-16-21(18,19)12-8-15-17(2)10-12/h4-8,10,14,16H,9H2,1-3H3/t14-/m0/s1. The summed E-state index contributed by atoms with van der Waals surface area (Å²) in [5, 5.41) is 3.87. The van der Waals surface area contributed by atoms with Gasteiger partial charge in [-0.2, -0.15) is 5.10 Å². The smallest absolute Gasteiger partial charge is 0.243 e. The Labute approximate surface area is 124 Å². The number of aromatic nitrogens is 2. The lowest BCUT2D eigenvalue weighted by Crippen LogP contribution is -2.29. The second-order valence-electron chi connectivity index (χ2n) is 4.78. The predicted octanol–water partition coefficient (Wildman–Crippen LogP) is 1.39. The molecule has 0 saturated carbocycles. The van der Waals surface area contributed by atoms with Crippen LogP contribution in [0.1, 0.15) is 17.2 Å². The lowest BCUT2D eigenvalue weighted by atomic mass is 10.0. The highest BCUT2D eigenvalue weighted by Crippen LogP contribution is 2.20. The van der Waals surface area contributed by atoms with Gasteiger partial charge in [0, 0.05) is 26.9 Å². The van der Waals surface area contributed by atoms with E-state index in [9.17, 15) is 8.42 Å². The third kappa shape index (κ3) is 3.69. The van der Waals surface area contributed by atoms with Crippen LogP contribution in [0.15, 0.2) is 41.6 Å². The maximum atomic E-state index is 12.2. The molecule has 1 aromatic carbocycles. The molecule has 1 atom stereocenters. The monoisotopic (exact) mass is 309 g/mol. The summed E-state index contributed by atoms with van der Waals surface area (Å²) in [6.45, 7) is 2.13. The molecule has 2 aromatic rings. The molecule has 6 nitrogen and oxygen atoms in total. The van der Waals surface area contributed by atoms with E-state index in [1.807, 2.05) is 31.2 Å². The first-order valence-corrected chi connectivity index (χ1v) is 7.99. The van der Waals surface area contributed by atoms with Crippen molar-refractivity contribution in [1.29, 1.82) is 0 Å². The van der Waals surface area contributed by atoms with E-state index < -0.39 is 10.0 Å². The summed E-state index contributed by atoms with van der Waals surface area (Å²) in [5.74, 6) is 0. The molecule has 0 saturated heterocycles. The second kappa shape index (κ2) is 6.38. The van der Waals surface area contributed by atoms with Crippen LogP contribution in [0.5, 0.6) is 0 Å². The van der Waals surface area contributed by atoms with E-state index in [0.29, 0.717) is 0 Å². The molecule has 0 aliphatic heterocycles. The van der Waals surface area contributed by atoms with Crippen molar-refractivity contribution < 1.29 is 13.2 Å². The zero-order chi connectivity index (χ0) is 15.5. The lowest BCUT2D eigenvalue weighted by Gasteiger charge is -2.18. The van der Waals surface area contributed by atoms with E-state index in [1.54, 1.807) is 14.2 Å². The largest absolute Gasteiger partial charge is 0.375 e. The van der Waals surface area contributed by atoms with Crippen molar-refractivity contribution >= 4 is 10.0 Å². The second-order valence-corrected chi connectivity index (χ2v) is 6.55. The average molecular weight is 309 g/mol. The van der Waals surface area contributed by atoms with Gasteiger partial charge in [-0.05, 0) is 18.1 Å². The van der Waals surface area contributed by atoms with Crippen LogP contribution in [-0.2, 0) is 21.8 Å². The molecule has 2 rings (SSSR count). The molecule has 0 aliphatic rings. The summed E-state index contributed by atoms with van der Waals surface area (Å²) in [6.07, 6.45) is 2.44. The normalized spacial score (nSPS) is 13.3. The molecule has 0 fully saturated rings. The average Bonchev–Trinajstić information content (AvgIpc) is 2.89. The van der Waals surface area contributed by atoms with E-state index in [1.165, 1.54) is 17.1 Å². The Morgan fingerprint density at radius 3 is 2.67 bits per heavy atom. The van der Waals surface area contributed by atoms with Crippen LogP contribution >= 0.6 is 0 Å². The van der Waals surface area contributed by atoms with Gasteiger partial charge >= 0.3 is 0 Å². The maximum absolute atomic E-state index is 12.2. The number of sulfonamides is 1. The number of ether oxygens (including phenoxy) is 1. The number of aryl methyl sites for hydroxylation is 2. The minimum Gasteiger partial charge on any atom is -0.375 e. The molecule has 21 heavy (non-hydrogen) atoms. The molecule has 1 heterocycles. The molecular weight excluding hydrogens is 290 g/mol. The van der Waals surface area contributed by atoms with Crippen molar-refractivity contribution in [1.82, 2.24) is 14.5 Å². The molecule has 0 radical (unpaired) electrons. The quantitative estimate of drug-likeness (QED) is 0.875. The van der Waals surface area contributed by atoms with Gasteiger partial charge in [0.05, 0.1) is 12.3 Å². The van der Waals surface area contributed by atoms with E-state index in [4.69, 9.17) is 4.74 Å². The summed E-state index contributed by atoms with van der Waals surface area (Å²) >= 11 is 0. The number of rotatable bonds is 6. The highest BCUT2D eigenvalue weighted by molar-refractivity contribution is 7.89. The molecule has 0 unspecified atom stereocenters. The summed E-state index contributed by atoms with van der Waals surface area (Å²) in [5.41, 5.74) is 2.03. The molecule has 0 amide bonds. The molecular formula is C14H19N3O3S. The Balaban J connectivity index is 2.12. The molecule has 0 aliphatic carbocycles. The number of benzene rings is 1. The van der Waals surface area contributed by atoms with Crippen molar-refractivity contribution in [3.63, 3.8) is 0 Å². The summed E-state index contributed by atoms with van der Waals surface area (Å²) in [7, 11) is -0.343. The van der Waals surface area contributed by atoms with Gasteiger partial charge in [-0.25, -0.2) is 13.1 Å². The third-order valence-corrected chi connectivity index (χ3v) is 4.65. The summed E-state index contributed by atoms with van der Waals surface area (Å²) in [4.78, 5) is 0.143. The van der Waals surface area contributed by atoms with Gasteiger partial charge in [0.25, 0.3) is 0 Å². The van der Waals surface area contributed by atoms with E-state index in [2.05, 4.69) is 9.82 Å². The van der Waals surface area contributed by atoms with Gasteiger partial charge in [-0.3, -0.25) is 4.68 Å². The predicted molar refractivity (Wildman–Crippen MR) is 79.3 cm³/mol. The third-order valence-electron chi connectivity index (χ3n) is 3.27. The van der Waals surface area contributed by atoms with Gasteiger partial charge < -0.3 is 4.74 Å². The van der Waals surface area contributed by atoms with E-state index >= 15 is 0 Å². The zero-order valence-electron chi connectivity index (χ0n) is 12.3. The van der Waals surface area contributed by atoms with Gasteiger partial charge in [-0.1, -0.05) is 24.3 Å². The van der Waals surface area contributed by atoms with Crippen molar-refractivity contribution in [2.24, 2.45) is 7.05 Å². The lowest BCUT2D eigenvalue weighted by molar-refractivity contribution is 0.107. The van der Waals surface area contributed by atoms with Gasteiger partial charge in [0.15, 0.2) is 0 Å². The minimum atomic E-state index is -3.58. The Hall–Kier alpha value is -1.70. The van der Waals surface area contributed by atoms with Crippen LogP contribution < -0.4 is 4.72 Å². The Kier molecular flexibility index (Phi) is 4.76. The summed E-state index contributed by atoms with van der Waals surface area (Å²) in [6, 6.07) is 7.74. The maximum Gasteiger partial charge on any atom is 0.243 e. The first-order valence-electron chi connectivity index (χ1n) is 6.50. The van der Waals surface area contributed by atoms with Gasteiger partial charge in [0.1, 0.15) is 4.90 Å². The van der Waals surface area contributed by atoms with Crippen LogP contribution in [0.2, 0.25) is 0 Å². The van der Waals surface area contributed by atoms with Gasteiger partial charge in [0.2, 0.25) is 10.0 Å². The molecule has 0 bridgehead atoms. The number of hydrogen-bond donors (Lipinski definition) is 1. The number of methoxy groups -OCH3 is 1. The van der Waals surface area contributed by atoms with Crippen LogP contribution in [0.3, 0.4) is 0 Å². The Morgan fingerprint density at radius 2 is 2.10 bits per heavy atom. The number of nitrogens with zero attached hydrogens (tertiary/aromatic N) is 2. The minimum absolute atomic E-state index is 0.143. The fourth-order valence-electron chi connectivity index (χ4n) is 2.07. The molecule has 1 N–H and O–H groups in total. The molecule has 7 heteroatoms. The van der Waals surface area contributed by atoms with Crippen molar-refractivity contribution in [3.05, 3.63) is 47.8 Å². The van der Waals surface area contributed by atoms with Crippen molar-refractivity contribution in [3.8, 4) is 0 Å². The first-order chi connectivity index (χ1) is 9.94. The Morgan fingerprint density at radius 1 is 1.38 bits per heavy atom. The van der Waals surface area contributed by atoms with Crippen LogP contribution in [0, 0.1) is 6.92 Å². The fourth-order valence-corrected chi connectivity index (χ4v) is 3.09.